The first-order valence-electron chi connectivity index (χ1n) is 4.66. The van der Waals surface area contributed by atoms with E-state index < -0.39 is 20.7 Å². The van der Waals surface area contributed by atoms with Crippen molar-refractivity contribution in [2.75, 3.05) is 11.6 Å². The Hall–Kier alpha value is 1.23. The van der Waals surface area contributed by atoms with Gasteiger partial charge >= 0.3 is 58.5 Å². The second-order valence-electron chi connectivity index (χ2n) is 3.17. The molecule has 1 N–H and O–H groups in total. The van der Waals surface area contributed by atoms with Crippen LogP contribution in [0.4, 0.5) is 0 Å². The van der Waals surface area contributed by atoms with E-state index in [1.165, 1.54) is 16.7 Å². The molecule has 100 valence electrons. The Bertz CT molecular complexity index is 279. The van der Waals surface area contributed by atoms with Gasteiger partial charge in [-0.15, -0.1) is 11.8 Å². The number of carbonyl (C=O) groups excluding carboxylic acids is 1. The monoisotopic (exact) mass is 395 g/mol. The van der Waals surface area contributed by atoms with Crippen LogP contribution in [-0.2, 0) is 9.59 Å². The summed E-state index contributed by atoms with van der Waals surface area (Å²) < 4.78 is 0. The maximum atomic E-state index is 11.2. The Labute approximate surface area is 126 Å². The number of carboxylic acid groups (broad SMARTS) is 1. The molecule has 1 aliphatic heterocycles. The summed E-state index contributed by atoms with van der Waals surface area (Å²) in [6.07, 6.45) is 0.379. The topological polar surface area (TPSA) is 57.6 Å². The number of thioether (sulfide) groups is 1. The summed E-state index contributed by atoms with van der Waals surface area (Å²) in [6.45, 7) is 1.74. The third-order valence-corrected chi connectivity index (χ3v) is 2.80. The zero-order valence-corrected chi connectivity index (χ0v) is 15.6. The van der Waals surface area contributed by atoms with Crippen molar-refractivity contribution in [2.45, 2.75) is 19.4 Å². The summed E-state index contributed by atoms with van der Waals surface area (Å²) in [5, 5.41) is 8.72. The molecule has 1 atom stereocenters. The van der Waals surface area contributed by atoms with E-state index in [2.05, 4.69) is 43.8 Å². The summed E-state index contributed by atoms with van der Waals surface area (Å²) in [4.78, 5) is 23.2. The molecule has 17 heavy (non-hydrogen) atoms. The molecule has 1 amide bonds. The number of aliphatic carboxylic acids is 1. The third-order valence-electron chi connectivity index (χ3n) is 1.79. The van der Waals surface area contributed by atoms with Gasteiger partial charge in [0.05, 0.1) is 5.88 Å². The van der Waals surface area contributed by atoms with E-state index in [9.17, 15) is 9.59 Å². The fraction of sp³-hybridized carbons (Fsp3) is 0.714. The van der Waals surface area contributed by atoms with Crippen LogP contribution in [0.1, 0.15) is 13.3 Å². The summed E-state index contributed by atoms with van der Waals surface area (Å²) >= 11 is 1.49. The van der Waals surface area contributed by atoms with Crippen LogP contribution in [0.5, 0.6) is 0 Å². The molecule has 0 aromatic carbocycles. The molecule has 1 saturated heterocycles. The van der Waals surface area contributed by atoms with Gasteiger partial charge in [-0.05, 0) is 0 Å². The molecule has 0 radical (unpaired) electrons. The quantitative estimate of drug-likeness (QED) is 0.364. The Morgan fingerprint density at radius 2 is 1.88 bits per heavy atom. The summed E-state index contributed by atoms with van der Waals surface area (Å²) in [7, 11) is 13.4. The Kier molecular flexibility index (Phi) is 9.02. The molecule has 10 heteroatoms. The van der Waals surface area contributed by atoms with Crippen molar-refractivity contribution in [3.8, 4) is 0 Å². The molecule has 1 unspecified atom stereocenters. The van der Waals surface area contributed by atoms with Gasteiger partial charge in [-0.1, -0.05) is 6.92 Å². The van der Waals surface area contributed by atoms with E-state index in [-0.39, 0.29) is 5.91 Å². The average Bonchev–Trinajstić information content (AvgIpc) is 2.62. The first-order valence-corrected chi connectivity index (χ1v) is 18.9. The Balaban J connectivity index is 0.000000437. The number of thiol groups is 4. The molecule has 1 rings (SSSR count). The van der Waals surface area contributed by atoms with Crippen molar-refractivity contribution in [2.24, 2.45) is 0 Å². The Morgan fingerprint density at radius 1 is 1.41 bits per heavy atom. The predicted molar refractivity (Wildman–Crippen MR) is 87.6 cm³/mol. The van der Waals surface area contributed by atoms with Crippen molar-refractivity contribution in [3.63, 3.8) is 0 Å². The molecule has 0 saturated carbocycles. The molecule has 1 fully saturated rings. The summed E-state index contributed by atoms with van der Waals surface area (Å²) in [5.41, 5.74) is 0. The second kappa shape index (κ2) is 8.41. The van der Waals surface area contributed by atoms with Gasteiger partial charge in [-0.25, -0.2) is 4.79 Å². The number of carbonyl (C=O) groups is 2. The predicted octanol–water partition coefficient (Wildman–Crippen LogP) is 1.52. The van der Waals surface area contributed by atoms with Gasteiger partial charge in [-0.3, -0.25) is 4.79 Å². The number of amides is 1. The third kappa shape index (κ3) is 8.87. The van der Waals surface area contributed by atoms with Gasteiger partial charge in [0.1, 0.15) is 6.04 Å². The van der Waals surface area contributed by atoms with Crippen LogP contribution in [-0.4, -0.2) is 48.3 Å². The van der Waals surface area contributed by atoms with Crippen LogP contribution in [0.25, 0.3) is 0 Å². The van der Waals surface area contributed by atoms with E-state index in [0.29, 0.717) is 18.1 Å². The fourth-order valence-corrected chi connectivity index (χ4v) is 2.27. The van der Waals surface area contributed by atoms with E-state index >= 15 is 0 Å². The van der Waals surface area contributed by atoms with E-state index in [1.54, 1.807) is 6.92 Å². The molecule has 0 aromatic heterocycles. The number of hydrogen-bond acceptors (Lipinski definition) is 7. The first kappa shape index (κ1) is 18.2. The average molecular weight is 394 g/mol. The van der Waals surface area contributed by atoms with Crippen LogP contribution in [0, 0.1) is 0 Å². The van der Waals surface area contributed by atoms with Crippen LogP contribution in [0.15, 0.2) is 0 Å². The maximum absolute atomic E-state index is 11.2. The van der Waals surface area contributed by atoms with Crippen molar-refractivity contribution in [1.82, 2.24) is 4.90 Å². The molecule has 0 spiro atoms. The number of nitrogens with zero attached hydrogens (tertiary/aromatic N) is 1. The van der Waals surface area contributed by atoms with Crippen molar-refractivity contribution in [3.05, 3.63) is 0 Å². The van der Waals surface area contributed by atoms with Crippen LogP contribution in [0.3, 0.4) is 0 Å². The van der Waals surface area contributed by atoms with Gasteiger partial charge in [0.15, 0.2) is 0 Å². The molecule has 1 aliphatic rings. The molecule has 0 aromatic rings. The van der Waals surface area contributed by atoms with Gasteiger partial charge < -0.3 is 10.0 Å². The second-order valence-corrected chi connectivity index (χ2v) is 31.6. The van der Waals surface area contributed by atoms with Crippen LogP contribution >= 0.6 is 55.6 Å². The van der Waals surface area contributed by atoms with Crippen LogP contribution in [0.2, 0.25) is 0 Å². The fourth-order valence-electron chi connectivity index (χ4n) is 1.10. The molecule has 4 nitrogen and oxygen atoms in total. The zero-order valence-electron chi connectivity index (χ0n) is 9.11. The number of hydrogen-bond donors (Lipinski definition) is 5. The number of rotatable bonds is 2. The molecule has 1 heterocycles. The first-order chi connectivity index (χ1) is 7.66. The molecular formula is C7H15GeNO3S5. The van der Waals surface area contributed by atoms with Gasteiger partial charge in [0, 0.05) is 12.2 Å². The minimum atomic E-state index is -2.22. The van der Waals surface area contributed by atoms with Gasteiger partial charge in [-0.2, -0.15) is 0 Å². The van der Waals surface area contributed by atoms with Gasteiger partial charge in [0.25, 0.3) is 0 Å². The van der Waals surface area contributed by atoms with Crippen LogP contribution < -0.4 is 0 Å². The van der Waals surface area contributed by atoms with Crippen molar-refractivity contribution < 1.29 is 14.7 Å². The van der Waals surface area contributed by atoms with E-state index in [0.717, 1.165) is 0 Å². The van der Waals surface area contributed by atoms with E-state index in [1.807, 2.05) is 0 Å². The van der Waals surface area contributed by atoms with Gasteiger partial charge in [0.2, 0.25) is 5.91 Å². The summed E-state index contributed by atoms with van der Waals surface area (Å²) in [6, 6.07) is -0.609. The van der Waals surface area contributed by atoms with Crippen molar-refractivity contribution in [1.29, 1.82) is 0 Å². The SMILES string of the molecule is CCC(=O)N1CSCC1C(=O)O.[SH][Ge]([SH])([SH])[SH]. The molecular weight excluding hydrogens is 379 g/mol. The minimum absolute atomic E-state index is 0.0765. The zero-order chi connectivity index (χ0) is 13.6. The standard InChI is InChI=1S/C7H11NO3S.GeH4S4/c1-2-6(9)8-4-12-3-5(8)7(10)11;2-1(3,4)5/h5H,2-4H2,1H3,(H,10,11);2-5H. The van der Waals surface area contributed by atoms with Crippen molar-refractivity contribution >= 4 is 76.2 Å². The number of carboxylic acids is 1. The molecule has 0 bridgehead atoms. The summed E-state index contributed by atoms with van der Waals surface area (Å²) in [5.74, 6) is 0.0549. The normalized spacial score (nSPS) is 19.6. The van der Waals surface area contributed by atoms with E-state index in [4.69, 9.17) is 5.11 Å². The molecule has 0 aliphatic carbocycles. The Morgan fingerprint density at radius 3 is 2.24 bits per heavy atom.